The van der Waals surface area contributed by atoms with Gasteiger partial charge in [0.15, 0.2) is 0 Å². The first-order chi connectivity index (χ1) is 18.0. The summed E-state index contributed by atoms with van der Waals surface area (Å²) in [7, 11) is 0. The molecule has 3 aromatic carbocycles. The van der Waals surface area contributed by atoms with Gasteiger partial charge in [0.05, 0.1) is 23.6 Å². The number of furan rings is 1. The van der Waals surface area contributed by atoms with Crippen molar-refractivity contribution in [2.24, 2.45) is 16.9 Å². The quantitative estimate of drug-likeness (QED) is 0.326. The van der Waals surface area contributed by atoms with Crippen molar-refractivity contribution in [3.63, 3.8) is 0 Å². The molecule has 8 rings (SSSR count). The lowest BCUT2D eigenvalue weighted by Crippen LogP contribution is -2.41. The summed E-state index contributed by atoms with van der Waals surface area (Å²) in [6, 6.07) is 25.9. The molecule has 0 saturated carbocycles. The van der Waals surface area contributed by atoms with Gasteiger partial charge in [-0.05, 0) is 46.5 Å². The summed E-state index contributed by atoms with van der Waals surface area (Å²) in [6.07, 6.45) is 1.36. The lowest BCUT2D eigenvalue weighted by Gasteiger charge is -2.45. The molecule has 1 N–H and O–H groups in total. The number of amides is 2. The first-order valence-corrected chi connectivity index (χ1v) is 12.1. The van der Waals surface area contributed by atoms with E-state index in [9.17, 15) is 19.5 Å². The fourth-order valence-corrected chi connectivity index (χ4v) is 6.27. The minimum absolute atomic E-state index is 0.150. The van der Waals surface area contributed by atoms with E-state index in [1.165, 1.54) is 18.3 Å². The van der Waals surface area contributed by atoms with Crippen molar-refractivity contribution in [2.45, 2.75) is 11.8 Å². The molecule has 4 aromatic rings. The van der Waals surface area contributed by atoms with Gasteiger partial charge >= 0.3 is 5.97 Å². The number of aromatic carboxylic acids is 1. The van der Waals surface area contributed by atoms with Gasteiger partial charge in [0, 0.05) is 17.4 Å². The molecule has 0 spiro atoms. The number of rotatable bonds is 4. The van der Waals surface area contributed by atoms with Crippen LogP contribution in [0, 0.1) is 11.8 Å². The van der Waals surface area contributed by atoms with Gasteiger partial charge in [0.25, 0.3) is 11.8 Å². The van der Waals surface area contributed by atoms with E-state index in [0.717, 1.165) is 27.3 Å². The lowest BCUT2D eigenvalue weighted by molar-refractivity contribution is -0.139. The maximum atomic E-state index is 13.6. The fraction of sp³-hybridized carbons (Fsp3) is 0.133. The third-order valence-electron chi connectivity index (χ3n) is 7.75. The van der Waals surface area contributed by atoms with E-state index in [0.29, 0.717) is 17.1 Å². The summed E-state index contributed by atoms with van der Waals surface area (Å²) < 4.78 is 5.82. The Morgan fingerprint density at radius 3 is 1.89 bits per heavy atom. The van der Waals surface area contributed by atoms with Crippen LogP contribution in [0.5, 0.6) is 0 Å². The molecule has 2 atom stereocenters. The normalized spacial score (nSPS) is 23.3. The van der Waals surface area contributed by atoms with E-state index in [1.54, 1.807) is 24.3 Å². The molecule has 37 heavy (non-hydrogen) atoms. The zero-order valence-electron chi connectivity index (χ0n) is 19.4. The monoisotopic (exact) mass is 488 g/mol. The number of carboxylic acid groups (broad SMARTS) is 1. The molecule has 0 radical (unpaired) electrons. The largest absolute Gasteiger partial charge is 0.478 e. The van der Waals surface area contributed by atoms with Crippen molar-refractivity contribution in [3.05, 3.63) is 119 Å². The highest BCUT2D eigenvalue weighted by molar-refractivity contribution is 6.08. The van der Waals surface area contributed by atoms with Crippen LogP contribution in [0.25, 0.3) is 11.3 Å². The molecule has 4 aliphatic rings. The van der Waals surface area contributed by atoms with Gasteiger partial charge in [-0.25, -0.2) is 4.79 Å². The van der Waals surface area contributed by atoms with Crippen molar-refractivity contribution in [3.8, 4) is 11.3 Å². The van der Waals surface area contributed by atoms with E-state index >= 15 is 0 Å². The Bertz CT molecular complexity index is 1540. The van der Waals surface area contributed by atoms with E-state index in [4.69, 9.17) is 4.42 Å². The third-order valence-corrected chi connectivity index (χ3v) is 7.75. The third kappa shape index (κ3) is 3.07. The smallest absolute Gasteiger partial charge is 0.335 e. The Balaban J connectivity index is 1.21. The second-order valence-corrected chi connectivity index (χ2v) is 9.59. The number of carbonyl (C=O) groups is 3. The molecule has 2 bridgehead atoms. The van der Waals surface area contributed by atoms with Crippen molar-refractivity contribution in [1.29, 1.82) is 0 Å². The van der Waals surface area contributed by atoms with Crippen LogP contribution in [0.4, 0.5) is 0 Å². The average Bonchev–Trinajstić information content (AvgIpc) is 3.50. The Hall–Kier alpha value is -4.78. The molecule has 1 aliphatic heterocycles. The van der Waals surface area contributed by atoms with Gasteiger partial charge in [-0.3, -0.25) is 9.59 Å². The average molecular weight is 488 g/mol. The summed E-state index contributed by atoms with van der Waals surface area (Å²) in [5.41, 5.74) is 5.19. The molecule has 1 saturated heterocycles. The number of carbonyl (C=O) groups excluding carboxylic acids is 2. The minimum Gasteiger partial charge on any atom is -0.478 e. The van der Waals surface area contributed by atoms with Crippen molar-refractivity contribution in [1.82, 2.24) is 5.01 Å². The zero-order valence-corrected chi connectivity index (χ0v) is 19.4. The van der Waals surface area contributed by atoms with Gasteiger partial charge in [-0.2, -0.15) is 10.1 Å². The predicted octanol–water partition coefficient (Wildman–Crippen LogP) is 4.87. The van der Waals surface area contributed by atoms with Gasteiger partial charge in [-0.15, -0.1) is 0 Å². The Labute approximate surface area is 211 Å². The molecule has 2 amide bonds. The zero-order chi connectivity index (χ0) is 25.3. The van der Waals surface area contributed by atoms with Crippen molar-refractivity contribution in [2.75, 3.05) is 0 Å². The molecule has 2 heterocycles. The van der Waals surface area contributed by atoms with Gasteiger partial charge in [0.2, 0.25) is 0 Å². The summed E-state index contributed by atoms with van der Waals surface area (Å²) in [4.78, 5) is 38.5. The number of hydrazone groups is 1. The maximum Gasteiger partial charge on any atom is 0.335 e. The van der Waals surface area contributed by atoms with Crippen LogP contribution in [0.15, 0.2) is 94.4 Å². The number of carboxylic acids is 1. The minimum atomic E-state index is -1.03. The summed E-state index contributed by atoms with van der Waals surface area (Å²) in [5.74, 6) is -2.18. The number of imide groups is 1. The highest BCUT2D eigenvalue weighted by atomic mass is 16.4. The second kappa shape index (κ2) is 7.86. The molecule has 1 aromatic heterocycles. The van der Waals surface area contributed by atoms with Crippen LogP contribution in [0.2, 0.25) is 0 Å². The number of hydrogen-bond donors (Lipinski definition) is 1. The summed E-state index contributed by atoms with van der Waals surface area (Å²) in [5, 5.41) is 14.5. The number of benzene rings is 3. The van der Waals surface area contributed by atoms with Crippen LogP contribution in [0.3, 0.4) is 0 Å². The molecule has 3 aliphatic carbocycles. The van der Waals surface area contributed by atoms with E-state index in [2.05, 4.69) is 29.4 Å². The standard InChI is InChI=1S/C30H20N2O5/c33-28-26-24-19-8-1-2-9-20(19)25(22-11-4-3-10-21(22)24)27(26)29(34)32(28)31-15-18-12-13-23(37-18)16-6-5-7-17(14-16)30(35)36/h1-15,24-27H,(H,35,36). The highest BCUT2D eigenvalue weighted by Gasteiger charge is 2.61. The SMILES string of the molecule is O=C(O)c1cccc(-c2ccc(C=NN3C(=O)C4C5c6ccccc6C(c6ccccc65)C4C3=O)o2)c1. The van der Waals surface area contributed by atoms with Crippen molar-refractivity contribution >= 4 is 24.0 Å². The first kappa shape index (κ1) is 21.5. The predicted molar refractivity (Wildman–Crippen MR) is 134 cm³/mol. The molecular formula is C30H20N2O5. The maximum absolute atomic E-state index is 13.6. The van der Waals surface area contributed by atoms with Crippen LogP contribution in [-0.4, -0.2) is 34.1 Å². The van der Waals surface area contributed by atoms with E-state index in [1.807, 2.05) is 24.3 Å². The molecule has 7 nitrogen and oxygen atoms in total. The van der Waals surface area contributed by atoms with Crippen LogP contribution in [-0.2, 0) is 9.59 Å². The van der Waals surface area contributed by atoms with Gasteiger partial charge in [-0.1, -0.05) is 60.7 Å². The van der Waals surface area contributed by atoms with E-state index in [-0.39, 0.29) is 29.2 Å². The summed E-state index contributed by atoms with van der Waals surface area (Å²) >= 11 is 0. The molecule has 1 fully saturated rings. The number of nitrogens with zero attached hydrogens (tertiary/aromatic N) is 2. The Morgan fingerprint density at radius 1 is 0.784 bits per heavy atom. The number of hydrogen-bond acceptors (Lipinski definition) is 5. The Morgan fingerprint density at radius 2 is 1.35 bits per heavy atom. The molecular weight excluding hydrogens is 468 g/mol. The molecule has 2 unspecified atom stereocenters. The highest BCUT2D eigenvalue weighted by Crippen LogP contribution is 2.60. The summed E-state index contributed by atoms with van der Waals surface area (Å²) in [6.45, 7) is 0. The molecule has 7 heteroatoms. The van der Waals surface area contributed by atoms with Crippen LogP contribution < -0.4 is 0 Å². The fourth-order valence-electron chi connectivity index (χ4n) is 6.27. The van der Waals surface area contributed by atoms with Gasteiger partial charge in [0.1, 0.15) is 11.5 Å². The molecule has 180 valence electrons. The topological polar surface area (TPSA) is 100 Å². The van der Waals surface area contributed by atoms with Crippen molar-refractivity contribution < 1.29 is 23.9 Å². The second-order valence-electron chi connectivity index (χ2n) is 9.59. The van der Waals surface area contributed by atoms with Crippen LogP contribution in [0.1, 0.15) is 50.2 Å². The first-order valence-electron chi connectivity index (χ1n) is 12.1. The van der Waals surface area contributed by atoms with Gasteiger partial charge < -0.3 is 9.52 Å². The Kier molecular flexibility index (Phi) is 4.57. The lowest BCUT2D eigenvalue weighted by atomic mass is 9.55. The van der Waals surface area contributed by atoms with E-state index < -0.39 is 17.8 Å². The van der Waals surface area contributed by atoms with Crippen LogP contribution >= 0.6 is 0 Å².